The summed E-state index contributed by atoms with van der Waals surface area (Å²) >= 11 is 0. The van der Waals surface area contributed by atoms with Gasteiger partial charge in [-0.15, -0.1) is 0 Å². The number of carbonyl (C=O) groups excluding carboxylic acids is 2. The monoisotopic (exact) mass is 413 g/mol. The topological polar surface area (TPSA) is 61.9 Å². The molecule has 1 fully saturated rings. The number of benzene rings is 2. The average molecular weight is 413 g/mol. The third-order valence-electron chi connectivity index (χ3n) is 5.11. The number of carbonyl (C=O) groups is 2. The van der Waals surface area contributed by atoms with Crippen LogP contribution < -0.4 is 15.0 Å². The summed E-state index contributed by atoms with van der Waals surface area (Å²) in [5.41, 5.74) is 1.47. The van der Waals surface area contributed by atoms with Crippen molar-refractivity contribution in [3.8, 4) is 5.75 Å². The first-order valence-electron chi connectivity index (χ1n) is 10.4. The van der Waals surface area contributed by atoms with Crippen molar-refractivity contribution in [1.29, 1.82) is 0 Å². The molecule has 1 aliphatic rings. The maximum Gasteiger partial charge on any atom is 0.255 e. The van der Waals surface area contributed by atoms with Crippen molar-refractivity contribution in [2.45, 2.75) is 19.8 Å². The van der Waals surface area contributed by atoms with Crippen molar-refractivity contribution in [3.63, 3.8) is 0 Å². The molecule has 1 aliphatic heterocycles. The zero-order chi connectivity index (χ0) is 21.3. The quantitative estimate of drug-likeness (QED) is 0.676. The second-order valence-corrected chi connectivity index (χ2v) is 7.13. The lowest BCUT2D eigenvalue weighted by Gasteiger charge is -2.36. The number of hydrogen-bond donors (Lipinski definition) is 1. The second-order valence-electron chi connectivity index (χ2n) is 7.13. The summed E-state index contributed by atoms with van der Waals surface area (Å²) in [5.74, 6) is 0.214. The van der Waals surface area contributed by atoms with Crippen molar-refractivity contribution in [1.82, 2.24) is 10.2 Å². The van der Waals surface area contributed by atoms with Crippen LogP contribution in [0.15, 0.2) is 48.5 Å². The van der Waals surface area contributed by atoms with Gasteiger partial charge in [0.2, 0.25) is 5.91 Å². The average Bonchev–Trinajstić information content (AvgIpc) is 2.77. The van der Waals surface area contributed by atoms with Gasteiger partial charge in [0.15, 0.2) is 0 Å². The van der Waals surface area contributed by atoms with E-state index in [4.69, 9.17) is 4.74 Å². The van der Waals surface area contributed by atoms with Crippen LogP contribution >= 0.6 is 0 Å². The van der Waals surface area contributed by atoms with Crippen LogP contribution in [0.3, 0.4) is 0 Å². The van der Waals surface area contributed by atoms with Crippen LogP contribution in [-0.4, -0.2) is 56.0 Å². The van der Waals surface area contributed by atoms with Gasteiger partial charge in [-0.3, -0.25) is 9.59 Å². The molecule has 3 rings (SSSR count). The number of amides is 2. The van der Waals surface area contributed by atoms with Crippen LogP contribution in [0.2, 0.25) is 0 Å². The maximum absolute atomic E-state index is 13.1. The maximum atomic E-state index is 13.1. The Morgan fingerprint density at radius 2 is 1.73 bits per heavy atom. The van der Waals surface area contributed by atoms with Crippen LogP contribution in [0.1, 0.15) is 30.1 Å². The first kappa shape index (κ1) is 21.6. The fraction of sp³-hybridized carbons (Fsp3) is 0.391. The van der Waals surface area contributed by atoms with Crippen molar-refractivity contribution < 1.29 is 18.7 Å². The van der Waals surface area contributed by atoms with Crippen LogP contribution in [0.5, 0.6) is 5.75 Å². The highest BCUT2D eigenvalue weighted by Crippen LogP contribution is 2.18. The first-order valence-corrected chi connectivity index (χ1v) is 10.4. The molecule has 0 aliphatic carbocycles. The molecule has 0 saturated carbocycles. The summed E-state index contributed by atoms with van der Waals surface area (Å²) in [4.78, 5) is 28.8. The Morgan fingerprint density at radius 1 is 1.03 bits per heavy atom. The van der Waals surface area contributed by atoms with E-state index in [2.05, 4.69) is 10.2 Å². The SMILES string of the molecule is CCOc1ccccc1C(=O)NCCCC(=O)N1CCN(c2ccc(F)cc2)CC1. The van der Waals surface area contributed by atoms with Gasteiger partial charge in [-0.25, -0.2) is 4.39 Å². The summed E-state index contributed by atoms with van der Waals surface area (Å²) in [5, 5.41) is 2.86. The summed E-state index contributed by atoms with van der Waals surface area (Å²) in [6.07, 6.45) is 0.976. The molecule has 2 aromatic carbocycles. The molecule has 1 heterocycles. The van der Waals surface area contributed by atoms with E-state index in [1.807, 2.05) is 17.9 Å². The van der Waals surface area contributed by atoms with Crippen LogP contribution in [-0.2, 0) is 4.79 Å². The van der Waals surface area contributed by atoms with E-state index in [9.17, 15) is 14.0 Å². The summed E-state index contributed by atoms with van der Waals surface area (Å²) in [6, 6.07) is 13.6. The standard InChI is InChI=1S/C23H28FN3O3/c1-2-30-21-7-4-3-6-20(21)23(29)25-13-5-8-22(28)27-16-14-26(15-17-27)19-11-9-18(24)10-12-19/h3-4,6-7,9-12H,2,5,8,13-17H2,1H3,(H,25,29). The molecule has 2 amide bonds. The second kappa shape index (κ2) is 10.6. The molecule has 6 nitrogen and oxygen atoms in total. The molecule has 0 atom stereocenters. The van der Waals surface area contributed by atoms with Gasteiger partial charge >= 0.3 is 0 Å². The van der Waals surface area contributed by atoms with Crippen LogP contribution in [0.4, 0.5) is 10.1 Å². The largest absolute Gasteiger partial charge is 0.493 e. The fourth-order valence-corrected chi connectivity index (χ4v) is 3.50. The molecule has 0 aromatic heterocycles. The number of nitrogens with one attached hydrogen (secondary N) is 1. The van der Waals surface area contributed by atoms with E-state index < -0.39 is 0 Å². The zero-order valence-electron chi connectivity index (χ0n) is 17.3. The number of ether oxygens (including phenoxy) is 1. The number of para-hydroxylation sites is 1. The van der Waals surface area contributed by atoms with Crippen molar-refractivity contribution in [2.75, 3.05) is 44.2 Å². The molecule has 7 heteroatoms. The van der Waals surface area contributed by atoms with Gasteiger partial charge in [-0.1, -0.05) is 12.1 Å². The molecule has 0 bridgehead atoms. The molecule has 30 heavy (non-hydrogen) atoms. The Bertz CT molecular complexity index is 849. The van der Waals surface area contributed by atoms with Crippen molar-refractivity contribution >= 4 is 17.5 Å². The molecule has 1 N–H and O–H groups in total. The number of nitrogens with zero attached hydrogens (tertiary/aromatic N) is 2. The lowest BCUT2D eigenvalue weighted by atomic mass is 10.2. The smallest absolute Gasteiger partial charge is 0.255 e. The van der Waals surface area contributed by atoms with Gasteiger partial charge in [-0.05, 0) is 49.7 Å². The van der Waals surface area contributed by atoms with Gasteiger partial charge in [0, 0.05) is 44.8 Å². The Labute approximate surface area is 176 Å². The lowest BCUT2D eigenvalue weighted by Crippen LogP contribution is -2.48. The Kier molecular flexibility index (Phi) is 7.65. The third-order valence-corrected chi connectivity index (χ3v) is 5.11. The van der Waals surface area contributed by atoms with Crippen LogP contribution in [0, 0.1) is 5.82 Å². The van der Waals surface area contributed by atoms with Crippen molar-refractivity contribution in [3.05, 3.63) is 59.9 Å². The minimum Gasteiger partial charge on any atom is -0.493 e. The predicted molar refractivity (Wildman–Crippen MR) is 114 cm³/mol. The highest BCUT2D eigenvalue weighted by atomic mass is 19.1. The molecule has 160 valence electrons. The van der Waals surface area contributed by atoms with Gasteiger partial charge in [-0.2, -0.15) is 0 Å². The molecule has 0 radical (unpaired) electrons. The number of rotatable bonds is 8. The summed E-state index contributed by atoms with van der Waals surface area (Å²) in [7, 11) is 0. The van der Waals surface area contributed by atoms with Gasteiger partial charge in [0.1, 0.15) is 11.6 Å². The lowest BCUT2D eigenvalue weighted by molar-refractivity contribution is -0.131. The first-order chi connectivity index (χ1) is 14.6. The van der Waals surface area contributed by atoms with Gasteiger partial charge < -0.3 is 19.9 Å². The molecule has 0 unspecified atom stereocenters. The number of piperazine rings is 1. The predicted octanol–water partition coefficient (Wildman–Crippen LogP) is 3.08. The van der Waals surface area contributed by atoms with Crippen molar-refractivity contribution in [2.24, 2.45) is 0 Å². The summed E-state index contributed by atoms with van der Waals surface area (Å²) in [6.45, 7) is 5.53. The number of halogens is 1. The molecular weight excluding hydrogens is 385 g/mol. The molecular formula is C23H28FN3O3. The van der Waals surface area contributed by atoms with Gasteiger partial charge in [0.05, 0.1) is 12.2 Å². The van der Waals surface area contributed by atoms with Crippen LogP contribution in [0.25, 0.3) is 0 Å². The summed E-state index contributed by atoms with van der Waals surface area (Å²) < 4.78 is 18.6. The molecule has 1 saturated heterocycles. The van der Waals surface area contributed by atoms with E-state index in [1.165, 1.54) is 12.1 Å². The normalized spacial score (nSPS) is 13.8. The minimum atomic E-state index is -0.249. The van der Waals surface area contributed by atoms with E-state index in [1.54, 1.807) is 30.3 Å². The Hall–Kier alpha value is -3.09. The van der Waals surface area contributed by atoms with E-state index >= 15 is 0 Å². The minimum absolute atomic E-state index is 0.0951. The van der Waals surface area contributed by atoms with E-state index in [-0.39, 0.29) is 17.6 Å². The van der Waals surface area contributed by atoms with E-state index in [0.29, 0.717) is 50.4 Å². The Balaban J connectivity index is 1.38. The van der Waals surface area contributed by atoms with Gasteiger partial charge in [0.25, 0.3) is 5.91 Å². The number of hydrogen-bond acceptors (Lipinski definition) is 4. The highest BCUT2D eigenvalue weighted by Gasteiger charge is 2.21. The molecule has 2 aromatic rings. The number of anilines is 1. The highest BCUT2D eigenvalue weighted by molar-refractivity contribution is 5.96. The Morgan fingerprint density at radius 3 is 2.43 bits per heavy atom. The van der Waals surface area contributed by atoms with E-state index in [0.717, 1.165) is 18.8 Å². The fourth-order valence-electron chi connectivity index (χ4n) is 3.50. The third kappa shape index (κ3) is 5.72. The molecule has 0 spiro atoms. The zero-order valence-corrected chi connectivity index (χ0v) is 17.3.